The molecule has 1 amide bonds. The number of carbonyl (C=O) groups excluding carboxylic acids is 1. The summed E-state index contributed by atoms with van der Waals surface area (Å²) in [6, 6.07) is 14.9. The molecule has 0 aliphatic carbocycles. The molecule has 0 aromatic heterocycles. The predicted molar refractivity (Wildman–Crippen MR) is 98.2 cm³/mol. The van der Waals surface area contributed by atoms with Crippen LogP contribution in [0.4, 0.5) is 5.69 Å². The third-order valence-corrected chi connectivity index (χ3v) is 4.62. The first-order valence-corrected chi connectivity index (χ1v) is 8.49. The maximum atomic E-state index is 12.8. The molecule has 132 valence electrons. The number of halogens is 1. The van der Waals surface area contributed by atoms with Crippen molar-refractivity contribution in [3.63, 3.8) is 0 Å². The molecule has 1 N–H and O–H groups in total. The van der Waals surface area contributed by atoms with Crippen LogP contribution in [0.25, 0.3) is 0 Å². The van der Waals surface area contributed by atoms with E-state index in [0.29, 0.717) is 23.1 Å². The summed E-state index contributed by atoms with van der Waals surface area (Å²) in [5.41, 5.74) is 1.66. The van der Waals surface area contributed by atoms with Gasteiger partial charge in [-0.05, 0) is 30.8 Å². The zero-order valence-corrected chi connectivity index (χ0v) is 15.0. The molecule has 0 unspecified atom stereocenters. The summed E-state index contributed by atoms with van der Waals surface area (Å²) in [4.78, 5) is 15.0. The number of amides is 1. The van der Waals surface area contributed by atoms with Crippen molar-refractivity contribution in [2.75, 3.05) is 32.6 Å². The molecule has 0 radical (unpaired) electrons. The number of hydrogen-bond acceptors (Lipinski definition) is 4. The topological polar surface area (TPSA) is 50.8 Å². The van der Waals surface area contributed by atoms with Gasteiger partial charge >= 0.3 is 0 Å². The summed E-state index contributed by atoms with van der Waals surface area (Å²) in [5, 5.41) is 3.34. The zero-order chi connectivity index (χ0) is 17.8. The van der Waals surface area contributed by atoms with E-state index in [-0.39, 0.29) is 11.9 Å². The van der Waals surface area contributed by atoms with Gasteiger partial charge in [-0.1, -0.05) is 41.9 Å². The molecule has 1 fully saturated rings. The molecule has 0 spiro atoms. The second-order valence-corrected chi connectivity index (χ2v) is 6.37. The highest BCUT2D eigenvalue weighted by atomic mass is 35.5. The summed E-state index contributed by atoms with van der Waals surface area (Å²) in [7, 11) is 3.56. The molecular weight excluding hydrogens is 340 g/mol. The third kappa shape index (κ3) is 3.95. The summed E-state index contributed by atoms with van der Waals surface area (Å²) in [6.45, 7) is 1.29. The minimum atomic E-state index is -0.595. The second-order valence-electron chi connectivity index (χ2n) is 5.97. The molecule has 1 heterocycles. The maximum Gasteiger partial charge on any atom is 0.255 e. The van der Waals surface area contributed by atoms with Gasteiger partial charge in [0.15, 0.2) is 6.10 Å². The molecular formula is C19H21ClN2O3. The minimum Gasteiger partial charge on any atom is -0.495 e. The number of nitrogens with zero attached hydrogens (tertiary/aromatic N) is 1. The van der Waals surface area contributed by atoms with Crippen molar-refractivity contribution in [1.82, 2.24) is 4.90 Å². The van der Waals surface area contributed by atoms with E-state index < -0.39 is 6.10 Å². The van der Waals surface area contributed by atoms with Crippen LogP contribution in [0.3, 0.4) is 0 Å². The van der Waals surface area contributed by atoms with Crippen LogP contribution in [0, 0.1) is 0 Å². The lowest BCUT2D eigenvalue weighted by molar-refractivity contribution is -0.139. The normalized spacial score (nSPS) is 20.9. The molecule has 1 saturated heterocycles. The number of hydrogen-bond donors (Lipinski definition) is 1. The molecule has 25 heavy (non-hydrogen) atoms. The highest BCUT2D eigenvalue weighted by Gasteiger charge is 2.36. The second kappa shape index (κ2) is 7.87. The highest BCUT2D eigenvalue weighted by molar-refractivity contribution is 6.32. The van der Waals surface area contributed by atoms with Crippen LogP contribution >= 0.6 is 11.6 Å². The summed E-state index contributed by atoms with van der Waals surface area (Å²) >= 11 is 6.13. The Bertz CT molecular complexity index is 739. The van der Waals surface area contributed by atoms with E-state index >= 15 is 0 Å². The Morgan fingerprint density at radius 3 is 2.72 bits per heavy atom. The van der Waals surface area contributed by atoms with Gasteiger partial charge in [0.05, 0.1) is 24.8 Å². The van der Waals surface area contributed by atoms with Crippen molar-refractivity contribution >= 4 is 23.2 Å². The van der Waals surface area contributed by atoms with Crippen LogP contribution < -0.4 is 10.1 Å². The van der Waals surface area contributed by atoms with E-state index in [1.807, 2.05) is 37.4 Å². The van der Waals surface area contributed by atoms with Crippen molar-refractivity contribution in [1.29, 1.82) is 0 Å². The van der Waals surface area contributed by atoms with Gasteiger partial charge in [0.1, 0.15) is 5.75 Å². The molecule has 5 nitrogen and oxygen atoms in total. The number of anilines is 1. The number of likely N-dealkylation sites (N-methyl/N-ethyl adjacent to an activating group) is 1. The Labute approximate surface area is 152 Å². The SMILES string of the molecule is COc1ccc(NC(=O)[C@@H]2OCCN(C)[C@H]2c2ccccc2)cc1Cl. The first kappa shape index (κ1) is 17.7. The fourth-order valence-electron chi connectivity index (χ4n) is 3.04. The van der Waals surface area contributed by atoms with Crippen molar-refractivity contribution in [2.24, 2.45) is 0 Å². The molecule has 6 heteroatoms. The average Bonchev–Trinajstić information content (AvgIpc) is 2.62. The number of carbonyl (C=O) groups is 1. The zero-order valence-electron chi connectivity index (χ0n) is 14.2. The van der Waals surface area contributed by atoms with Crippen LogP contribution in [0.1, 0.15) is 11.6 Å². The fourth-order valence-corrected chi connectivity index (χ4v) is 3.30. The summed E-state index contributed by atoms with van der Waals surface area (Å²) in [5.74, 6) is 0.372. The number of benzene rings is 2. The van der Waals surface area contributed by atoms with Crippen molar-refractivity contribution in [3.05, 3.63) is 59.1 Å². The lowest BCUT2D eigenvalue weighted by Gasteiger charge is -2.38. The largest absolute Gasteiger partial charge is 0.495 e. The molecule has 2 aromatic carbocycles. The van der Waals surface area contributed by atoms with Gasteiger partial charge in [0.2, 0.25) is 0 Å². The van der Waals surface area contributed by atoms with Gasteiger partial charge in [-0.3, -0.25) is 9.69 Å². The van der Waals surface area contributed by atoms with E-state index in [2.05, 4.69) is 10.2 Å². The van der Waals surface area contributed by atoms with Crippen LogP contribution in [-0.4, -0.2) is 44.2 Å². The summed E-state index contributed by atoms with van der Waals surface area (Å²) in [6.07, 6.45) is -0.595. The van der Waals surface area contributed by atoms with E-state index in [4.69, 9.17) is 21.1 Å². The molecule has 2 aromatic rings. The number of methoxy groups -OCH3 is 1. The maximum absolute atomic E-state index is 12.8. The predicted octanol–water partition coefficient (Wildman–Crippen LogP) is 3.36. The number of morpholine rings is 1. The monoisotopic (exact) mass is 360 g/mol. The molecule has 3 rings (SSSR count). The van der Waals surface area contributed by atoms with Gasteiger partial charge in [-0.15, -0.1) is 0 Å². The number of ether oxygens (including phenoxy) is 2. The number of nitrogens with one attached hydrogen (secondary N) is 1. The lowest BCUT2D eigenvalue weighted by atomic mass is 9.98. The van der Waals surface area contributed by atoms with Crippen molar-refractivity contribution < 1.29 is 14.3 Å². The molecule has 0 bridgehead atoms. The van der Waals surface area contributed by atoms with Crippen molar-refractivity contribution in [3.8, 4) is 5.75 Å². The Kier molecular flexibility index (Phi) is 5.58. The molecule has 2 atom stereocenters. The van der Waals surface area contributed by atoms with E-state index in [9.17, 15) is 4.79 Å². The molecule has 0 saturated carbocycles. The quantitative estimate of drug-likeness (QED) is 0.908. The Balaban J connectivity index is 1.80. The van der Waals surface area contributed by atoms with Gasteiger partial charge in [-0.25, -0.2) is 0 Å². The van der Waals surface area contributed by atoms with Crippen LogP contribution in [0.5, 0.6) is 5.75 Å². The lowest BCUT2D eigenvalue weighted by Crippen LogP contribution is -2.48. The van der Waals surface area contributed by atoms with E-state index in [1.54, 1.807) is 25.3 Å². The van der Waals surface area contributed by atoms with Crippen LogP contribution in [0.15, 0.2) is 48.5 Å². The first-order chi connectivity index (χ1) is 12.1. The number of rotatable bonds is 4. The molecule has 1 aliphatic rings. The van der Waals surface area contributed by atoms with Gasteiger partial charge in [0, 0.05) is 12.2 Å². The van der Waals surface area contributed by atoms with Gasteiger partial charge in [-0.2, -0.15) is 0 Å². The van der Waals surface area contributed by atoms with Gasteiger partial charge in [0.25, 0.3) is 5.91 Å². The summed E-state index contributed by atoms with van der Waals surface area (Å²) < 4.78 is 10.9. The van der Waals surface area contributed by atoms with E-state index in [1.165, 1.54) is 0 Å². The fraction of sp³-hybridized carbons (Fsp3) is 0.316. The average molecular weight is 361 g/mol. The Morgan fingerprint density at radius 1 is 1.28 bits per heavy atom. The Morgan fingerprint density at radius 2 is 2.04 bits per heavy atom. The minimum absolute atomic E-state index is 0.135. The van der Waals surface area contributed by atoms with Crippen LogP contribution in [-0.2, 0) is 9.53 Å². The third-order valence-electron chi connectivity index (χ3n) is 4.32. The first-order valence-electron chi connectivity index (χ1n) is 8.11. The van der Waals surface area contributed by atoms with Crippen molar-refractivity contribution in [2.45, 2.75) is 12.1 Å². The van der Waals surface area contributed by atoms with Gasteiger partial charge < -0.3 is 14.8 Å². The standard InChI is InChI=1S/C19H21ClN2O3/c1-22-10-11-25-18(17(22)13-6-4-3-5-7-13)19(23)21-14-8-9-16(24-2)15(20)12-14/h3-9,12,17-18H,10-11H2,1-2H3,(H,21,23)/t17-,18+/m0/s1. The van der Waals surface area contributed by atoms with E-state index in [0.717, 1.165) is 12.1 Å². The highest BCUT2D eigenvalue weighted by Crippen LogP contribution is 2.31. The smallest absolute Gasteiger partial charge is 0.255 e. The van der Waals surface area contributed by atoms with Crippen LogP contribution in [0.2, 0.25) is 5.02 Å². The molecule has 1 aliphatic heterocycles. The Hall–Kier alpha value is -2.08.